The lowest BCUT2D eigenvalue weighted by atomic mass is 10.0. The summed E-state index contributed by atoms with van der Waals surface area (Å²) in [5, 5.41) is 6.28. The normalized spacial score (nSPS) is 11.5. The van der Waals surface area contributed by atoms with Crippen molar-refractivity contribution in [3.8, 4) is 5.75 Å². The Morgan fingerprint density at radius 3 is 2.48 bits per heavy atom. The van der Waals surface area contributed by atoms with Crippen LogP contribution in [0.5, 0.6) is 5.75 Å². The number of ether oxygens (including phenoxy) is 1. The van der Waals surface area contributed by atoms with E-state index in [1.54, 1.807) is 31.4 Å². The maximum Gasteiger partial charge on any atom is 0.222 e. The van der Waals surface area contributed by atoms with Crippen LogP contribution >= 0.6 is 11.6 Å². The van der Waals surface area contributed by atoms with Crippen LogP contribution in [-0.4, -0.2) is 18.9 Å². The summed E-state index contributed by atoms with van der Waals surface area (Å²) in [5.74, 6) is 0.369. The van der Waals surface area contributed by atoms with E-state index < -0.39 is 6.04 Å². The molecule has 0 unspecified atom stereocenters. The standard InChI is InChI=1S/C19H21ClN2O3/c1-13(23)22-18(15-6-8-17(25-2)9-7-15)11-19(24)21-12-14-4-3-5-16(20)10-14/h3-10,18H,11-12H2,1-2H3,(H,21,24)(H,22,23)/t18-/m0/s1. The first-order chi connectivity index (χ1) is 12.0. The number of carbonyl (C=O) groups excluding carboxylic acids is 2. The molecule has 2 rings (SSSR count). The lowest BCUT2D eigenvalue weighted by Gasteiger charge is -2.18. The van der Waals surface area contributed by atoms with E-state index in [1.165, 1.54) is 6.92 Å². The highest BCUT2D eigenvalue weighted by molar-refractivity contribution is 6.30. The first kappa shape index (κ1) is 18.8. The lowest BCUT2D eigenvalue weighted by molar-refractivity contribution is -0.122. The average molecular weight is 361 g/mol. The van der Waals surface area contributed by atoms with Gasteiger partial charge in [-0.1, -0.05) is 35.9 Å². The maximum absolute atomic E-state index is 12.3. The second-order valence-corrected chi connectivity index (χ2v) is 6.07. The number of nitrogens with one attached hydrogen (secondary N) is 2. The van der Waals surface area contributed by atoms with Gasteiger partial charge < -0.3 is 15.4 Å². The van der Waals surface area contributed by atoms with Crippen LogP contribution in [0.2, 0.25) is 5.02 Å². The van der Waals surface area contributed by atoms with E-state index in [0.29, 0.717) is 11.6 Å². The fourth-order valence-electron chi connectivity index (χ4n) is 2.44. The molecule has 132 valence electrons. The molecular formula is C19H21ClN2O3. The van der Waals surface area contributed by atoms with Crippen LogP contribution in [0.4, 0.5) is 0 Å². The summed E-state index contributed by atoms with van der Waals surface area (Å²) in [6, 6.07) is 14.2. The predicted octanol–water partition coefficient (Wildman–Crippen LogP) is 3.23. The third kappa shape index (κ3) is 6.12. The van der Waals surface area contributed by atoms with Crippen molar-refractivity contribution >= 4 is 23.4 Å². The molecule has 0 saturated carbocycles. The Balaban J connectivity index is 2.00. The Hall–Kier alpha value is -2.53. The highest BCUT2D eigenvalue weighted by Gasteiger charge is 2.17. The van der Waals surface area contributed by atoms with Crippen LogP contribution in [0.3, 0.4) is 0 Å². The van der Waals surface area contributed by atoms with E-state index in [2.05, 4.69) is 10.6 Å². The van der Waals surface area contributed by atoms with Gasteiger partial charge in [0.15, 0.2) is 0 Å². The minimum absolute atomic E-state index is 0.145. The van der Waals surface area contributed by atoms with E-state index in [0.717, 1.165) is 16.9 Å². The van der Waals surface area contributed by atoms with Gasteiger partial charge in [0.2, 0.25) is 11.8 Å². The molecule has 0 bridgehead atoms. The van der Waals surface area contributed by atoms with Gasteiger partial charge in [0.05, 0.1) is 19.6 Å². The van der Waals surface area contributed by atoms with Gasteiger partial charge in [0, 0.05) is 18.5 Å². The molecule has 2 aromatic carbocycles. The molecule has 0 heterocycles. The molecule has 2 aromatic rings. The molecule has 0 aliphatic rings. The van der Waals surface area contributed by atoms with Crippen molar-refractivity contribution in [1.82, 2.24) is 10.6 Å². The zero-order valence-corrected chi connectivity index (χ0v) is 15.0. The van der Waals surface area contributed by atoms with E-state index >= 15 is 0 Å². The number of rotatable bonds is 7. The molecule has 0 aliphatic carbocycles. The fraction of sp³-hybridized carbons (Fsp3) is 0.263. The van der Waals surface area contributed by atoms with E-state index in [9.17, 15) is 9.59 Å². The number of benzene rings is 2. The summed E-state index contributed by atoms with van der Waals surface area (Å²) >= 11 is 5.94. The van der Waals surface area contributed by atoms with Gasteiger partial charge in [-0.2, -0.15) is 0 Å². The van der Waals surface area contributed by atoms with Crippen LogP contribution in [0.25, 0.3) is 0 Å². The molecule has 2 N–H and O–H groups in total. The molecular weight excluding hydrogens is 340 g/mol. The fourth-order valence-corrected chi connectivity index (χ4v) is 2.65. The Labute approximate surface area is 152 Å². The van der Waals surface area contributed by atoms with Gasteiger partial charge in [-0.25, -0.2) is 0 Å². The topological polar surface area (TPSA) is 67.4 Å². The number of halogens is 1. The zero-order chi connectivity index (χ0) is 18.2. The van der Waals surface area contributed by atoms with E-state index in [1.807, 2.05) is 24.3 Å². The van der Waals surface area contributed by atoms with Crippen molar-refractivity contribution in [3.05, 3.63) is 64.7 Å². The number of hydrogen-bond donors (Lipinski definition) is 2. The van der Waals surface area contributed by atoms with E-state index in [4.69, 9.17) is 16.3 Å². The first-order valence-corrected chi connectivity index (χ1v) is 8.28. The summed E-state index contributed by atoms with van der Waals surface area (Å²) in [6.45, 7) is 1.81. The predicted molar refractivity (Wildman–Crippen MR) is 97.5 cm³/mol. The second kappa shape index (κ2) is 9.08. The Bertz CT molecular complexity index is 732. The first-order valence-electron chi connectivity index (χ1n) is 7.90. The molecule has 5 nitrogen and oxygen atoms in total. The monoisotopic (exact) mass is 360 g/mol. The van der Waals surface area contributed by atoms with Crippen molar-refractivity contribution in [1.29, 1.82) is 0 Å². The van der Waals surface area contributed by atoms with Crippen molar-refractivity contribution in [2.75, 3.05) is 7.11 Å². The lowest BCUT2D eigenvalue weighted by Crippen LogP contribution is -2.32. The van der Waals surface area contributed by atoms with Crippen LogP contribution in [0, 0.1) is 0 Å². The Kier molecular flexibility index (Phi) is 6.83. The van der Waals surface area contributed by atoms with Crippen molar-refractivity contribution < 1.29 is 14.3 Å². The van der Waals surface area contributed by atoms with Gasteiger partial charge in [-0.15, -0.1) is 0 Å². The zero-order valence-electron chi connectivity index (χ0n) is 14.2. The summed E-state index contributed by atoms with van der Waals surface area (Å²) in [7, 11) is 1.59. The molecule has 0 aromatic heterocycles. The highest BCUT2D eigenvalue weighted by Crippen LogP contribution is 2.20. The molecule has 1 atom stereocenters. The molecule has 0 saturated heterocycles. The van der Waals surface area contributed by atoms with Gasteiger partial charge in [-0.3, -0.25) is 9.59 Å². The van der Waals surface area contributed by atoms with Gasteiger partial charge in [-0.05, 0) is 35.4 Å². The van der Waals surface area contributed by atoms with Gasteiger partial charge >= 0.3 is 0 Å². The Morgan fingerprint density at radius 1 is 1.16 bits per heavy atom. The molecule has 2 amide bonds. The SMILES string of the molecule is COc1ccc([C@H](CC(=O)NCc2cccc(Cl)c2)NC(C)=O)cc1. The minimum Gasteiger partial charge on any atom is -0.497 e. The average Bonchev–Trinajstić information content (AvgIpc) is 2.59. The van der Waals surface area contributed by atoms with Crippen molar-refractivity contribution in [2.24, 2.45) is 0 Å². The highest BCUT2D eigenvalue weighted by atomic mass is 35.5. The minimum atomic E-state index is -0.400. The van der Waals surface area contributed by atoms with Crippen LogP contribution < -0.4 is 15.4 Å². The summed E-state index contributed by atoms with van der Waals surface area (Å²) in [4.78, 5) is 23.7. The van der Waals surface area contributed by atoms with Crippen LogP contribution in [-0.2, 0) is 16.1 Å². The largest absolute Gasteiger partial charge is 0.497 e. The molecule has 6 heteroatoms. The maximum atomic E-state index is 12.3. The van der Waals surface area contributed by atoms with Crippen LogP contribution in [0.1, 0.15) is 30.5 Å². The van der Waals surface area contributed by atoms with E-state index in [-0.39, 0.29) is 18.2 Å². The summed E-state index contributed by atoms with van der Waals surface area (Å²) < 4.78 is 5.13. The molecule has 25 heavy (non-hydrogen) atoms. The van der Waals surface area contributed by atoms with Gasteiger partial charge in [0.25, 0.3) is 0 Å². The smallest absolute Gasteiger partial charge is 0.222 e. The molecule has 0 radical (unpaired) electrons. The summed E-state index contributed by atoms with van der Waals surface area (Å²) in [6.07, 6.45) is 0.145. The summed E-state index contributed by atoms with van der Waals surface area (Å²) in [5.41, 5.74) is 1.76. The third-order valence-electron chi connectivity index (χ3n) is 3.66. The molecule has 0 spiro atoms. The third-order valence-corrected chi connectivity index (χ3v) is 3.90. The van der Waals surface area contributed by atoms with Crippen LogP contribution in [0.15, 0.2) is 48.5 Å². The number of methoxy groups -OCH3 is 1. The molecule has 0 aliphatic heterocycles. The quantitative estimate of drug-likeness (QED) is 0.796. The van der Waals surface area contributed by atoms with Crippen molar-refractivity contribution in [3.63, 3.8) is 0 Å². The number of hydrogen-bond acceptors (Lipinski definition) is 3. The van der Waals surface area contributed by atoms with Crippen molar-refractivity contribution in [2.45, 2.75) is 25.9 Å². The van der Waals surface area contributed by atoms with Gasteiger partial charge in [0.1, 0.15) is 5.75 Å². The molecule has 0 fully saturated rings. The number of amides is 2. The number of carbonyl (C=O) groups is 2. The Morgan fingerprint density at radius 2 is 1.88 bits per heavy atom. The second-order valence-electron chi connectivity index (χ2n) is 5.64.